The summed E-state index contributed by atoms with van der Waals surface area (Å²) >= 11 is 0. The van der Waals surface area contributed by atoms with E-state index in [1.165, 1.54) is 0 Å². The summed E-state index contributed by atoms with van der Waals surface area (Å²) in [5, 5.41) is 6.85. The fourth-order valence-corrected chi connectivity index (χ4v) is 2.86. The molecule has 1 fully saturated rings. The lowest BCUT2D eigenvalue weighted by Crippen LogP contribution is -2.19. The molecule has 0 radical (unpaired) electrons. The highest BCUT2D eigenvalue weighted by molar-refractivity contribution is 5.61. The topological polar surface area (TPSA) is 59.1 Å². The molecule has 134 valence electrons. The molecule has 0 spiro atoms. The number of nitrogens with one attached hydrogen (secondary N) is 2. The molecule has 5 heteroatoms. The van der Waals surface area contributed by atoms with E-state index in [-0.39, 0.29) is 6.10 Å². The predicted molar refractivity (Wildman–Crippen MR) is 103 cm³/mol. The number of aromatic nitrogens is 2. The largest absolute Gasteiger partial charge is 0.376 e. The highest BCUT2D eigenvalue weighted by atomic mass is 16.5. The Hall–Kier alpha value is -2.14. The number of rotatable bonds is 8. The molecule has 0 amide bonds. The number of nitrogens with zero attached hydrogens (tertiary/aromatic N) is 2. The smallest absolute Gasteiger partial charge is 0.163 e. The fraction of sp³-hybridized carbons (Fsp3) is 0.500. The molecule has 2 heterocycles. The number of hydrogen-bond acceptors (Lipinski definition) is 5. The van der Waals surface area contributed by atoms with Crippen LogP contribution in [0.15, 0.2) is 36.4 Å². The maximum atomic E-state index is 5.69. The minimum Gasteiger partial charge on any atom is -0.376 e. The van der Waals surface area contributed by atoms with Gasteiger partial charge in [-0.05, 0) is 25.2 Å². The van der Waals surface area contributed by atoms with E-state index >= 15 is 0 Å². The van der Waals surface area contributed by atoms with E-state index in [4.69, 9.17) is 9.72 Å². The van der Waals surface area contributed by atoms with Gasteiger partial charge in [0.25, 0.3) is 0 Å². The molecule has 1 saturated heterocycles. The molecule has 1 atom stereocenters. The lowest BCUT2D eigenvalue weighted by Gasteiger charge is -2.14. The molecule has 2 aromatic rings. The summed E-state index contributed by atoms with van der Waals surface area (Å²) in [4.78, 5) is 9.38. The second kappa shape index (κ2) is 8.81. The molecule has 1 unspecified atom stereocenters. The van der Waals surface area contributed by atoms with E-state index in [0.717, 1.165) is 62.0 Å². The molecule has 2 N–H and O–H groups in total. The molecule has 5 nitrogen and oxygen atoms in total. The number of anilines is 2. The first-order chi connectivity index (χ1) is 12.2. The lowest BCUT2D eigenvalue weighted by molar-refractivity contribution is 0.120. The van der Waals surface area contributed by atoms with Crippen LogP contribution in [-0.4, -0.2) is 35.8 Å². The van der Waals surface area contributed by atoms with Crippen LogP contribution in [-0.2, 0) is 4.74 Å². The Morgan fingerprint density at radius 1 is 1.12 bits per heavy atom. The Bertz CT molecular complexity index is 654. The van der Waals surface area contributed by atoms with Crippen LogP contribution in [0.2, 0.25) is 0 Å². The average molecular weight is 340 g/mol. The molecule has 1 aliphatic heterocycles. The van der Waals surface area contributed by atoms with E-state index in [0.29, 0.717) is 5.92 Å². The molecule has 3 rings (SSSR count). The normalized spacial score (nSPS) is 17.0. The van der Waals surface area contributed by atoms with Crippen LogP contribution >= 0.6 is 0 Å². The lowest BCUT2D eigenvalue weighted by atomic mass is 10.1. The molecular formula is C20H28N4O. The van der Waals surface area contributed by atoms with Gasteiger partial charge >= 0.3 is 0 Å². The van der Waals surface area contributed by atoms with Crippen molar-refractivity contribution in [3.63, 3.8) is 0 Å². The van der Waals surface area contributed by atoms with Crippen molar-refractivity contribution >= 4 is 11.6 Å². The Morgan fingerprint density at radius 3 is 2.56 bits per heavy atom. The summed E-state index contributed by atoms with van der Waals surface area (Å²) in [7, 11) is 0. The molecular weight excluding hydrogens is 312 g/mol. The van der Waals surface area contributed by atoms with Crippen LogP contribution in [0.4, 0.5) is 11.6 Å². The van der Waals surface area contributed by atoms with Gasteiger partial charge in [-0.3, -0.25) is 0 Å². The molecule has 1 aliphatic rings. The average Bonchev–Trinajstić information content (AvgIpc) is 3.14. The summed E-state index contributed by atoms with van der Waals surface area (Å²) < 4.78 is 5.69. The summed E-state index contributed by atoms with van der Waals surface area (Å²) in [6.07, 6.45) is 3.66. The molecule has 0 aliphatic carbocycles. The Balaban J connectivity index is 1.75. The summed E-state index contributed by atoms with van der Waals surface area (Å²) in [5.41, 5.74) is 1.02. The first kappa shape index (κ1) is 17.7. The SMILES string of the molecule is CC(C)CCNc1cc(NCC2CCCO2)nc(-c2ccccc2)n1. The van der Waals surface area contributed by atoms with Gasteiger partial charge in [-0.1, -0.05) is 44.2 Å². The van der Waals surface area contributed by atoms with E-state index in [9.17, 15) is 0 Å². The van der Waals surface area contributed by atoms with Gasteiger partial charge in [0.2, 0.25) is 0 Å². The highest BCUT2D eigenvalue weighted by Gasteiger charge is 2.15. The summed E-state index contributed by atoms with van der Waals surface area (Å²) in [6, 6.07) is 12.1. The van der Waals surface area contributed by atoms with Crippen LogP contribution in [0, 0.1) is 5.92 Å². The van der Waals surface area contributed by atoms with Gasteiger partial charge in [0.05, 0.1) is 6.10 Å². The van der Waals surface area contributed by atoms with Crippen molar-refractivity contribution < 1.29 is 4.74 Å². The van der Waals surface area contributed by atoms with Crippen molar-refractivity contribution in [2.24, 2.45) is 5.92 Å². The maximum absolute atomic E-state index is 5.69. The van der Waals surface area contributed by atoms with Crippen molar-refractivity contribution in [2.75, 3.05) is 30.3 Å². The van der Waals surface area contributed by atoms with Crippen LogP contribution in [0.1, 0.15) is 33.1 Å². The van der Waals surface area contributed by atoms with E-state index < -0.39 is 0 Å². The molecule has 0 saturated carbocycles. The Kier molecular flexibility index (Phi) is 6.23. The third kappa shape index (κ3) is 5.43. The zero-order valence-electron chi connectivity index (χ0n) is 15.2. The van der Waals surface area contributed by atoms with Crippen LogP contribution in [0.5, 0.6) is 0 Å². The van der Waals surface area contributed by atoms with Gasteiger partial charge in [-0.15, -0.1) is 0 Å². The van der Waals surface area contributed by atoms with E-state index in [1.54, 1.807) is 0 Å². The number of ether oxygens (including phenoxy) is 1. The molecule has 1 aromatic carbocycles. The van der Waals surface area contributed by atoms with Crippen LogP contribution in [0.3, 0.4) is 0 Å². The number of benzene rings is 1. The van der Waals surface area contributed by atoms with Crippen molar-refractivity contribution in [1.29, 1.82) is 0 Å². The predicted octanol–water partition coefficient (Wildman–Crippen LogP) is 4.19. The second-order valence-corrected chi connectivity index (χ2v) is 6.95. The third-order valence-corrected chi connectivity index (χ3v) is 4.32. The van der Waals surface area contributed by atoms with Crippen LogP contribution < -0.4 is 10.6 Å². The Labute approximate surface area is 150 Å². The van der Waals surface area contributed by atoms with Gasteiger partial charge in [0.1, 0.15) is 11.6 Å². The zero-order chi connectivity index (χ0) is 17.5. The standard InChI is InChI=1S/C20H28N4O/c1-15(2)10-11-21-18-13-19(22-14-17-9-6-12-25-17)24-20(23-18)16-7-4-3-5-8-16/h3-5,7-8,13,15,17H,6,9-12,14H2,1-2H3,(H2,21,22,23,24). The third-order valence-electron chi connectivity index (χ3n) is 4.32. The molecule has 25 heavy (non-hydrogen) atoms. The number of hydrogen-bond donors (Lipinski definition) is 2. The van der Waals surface area contributed by atoms with Crippen molar-refractivity contribution in [3.05, 3.63) is 36.4 Å². The van der Waals surface area contributed by atoms with Gasteiger partial charge in [0.15, 0.2) is 5.82 Å². The highest BCUT2D eigenvalue weighted by Crippen LogP contribution is 2.21. The second-order valence-electron chi connectivity index (χ2n) is 6.95. The monoisotopic (exact) mass is 340 g/mol. The zero-order valence-corrected chi connectivity index (χ0v) is 15.2. The van der Waals surface area contributed by atoms with Gasteiger partial charge in [0, 0.05) is 31.3 Å². The van der Waals surface area contributed by atoms with E-state index in [1.807, 2.05) is 36.4 Å². The van der Waals surface area contributed by atoms with Gasteiger partial charge < -0.3 is 15.4 Å². The fourth-order valence-electron chi connectivity index (χ4n) is 2.86. The molecule has 0 bridgehead atoms. The van der Waals surface area contributed by atoms with Crippen LogP contribution in [0.25, 0.3) is 11.4 Å². The van der Waals surface area contributed by atoms with E-state index in [2.05, 4.69) is 29.5 Å². The molecule has 1 aromatic heterocycles. The first-order valence-corrected chi connectivity index (χ1v) is 9.24. The van der Waals surface area contributed by atoms with Gasteiger partial charge in [-0.25, -0.2) is 9.97 Å². The minimum absolute atomic E-state index is 0.285. The summed E-state index contributed by atoms with van der Waals surface area (Å²) in [5.74, 6) is 3.12. The first-order valence-electron chi connectivity index (χ1n) is 9.24. The Morgan fingerprint density at radius 2 is 1.88 bits per heavy atom. The van der Waals surface area contributed by atoms with Crippen molar-refractivity contribution in [1.82, 2.24) is 9.97 Å². The minimum atomic E-state index is 0.285. The van der Waals surface area contributed by atoms with Gasteiger partial charge in [-0.2, -0.15) is 0 Å². The maximum Gasteiger partial charge on any atom is 0.163 e. The van der Waals surface area contributed by atoms with Crippen molar-refractivity contribution in [3.8, 4) is 11.4 Å². The summed E-state index contributed by atoms with van der Waals surface area (Å²) in [6.45, 7) is 7.02. The quantitative estimate of drug-likeness (QED) is 0.754. The van der Waals surface area contributed by atoms with Crippen molar-refractivity contribution in [2.45, 2.75) is 39.2 Å².